The van der Waals surface area contributed by atoms with Gasteiger partial charge in [0.1, 0.15) is 5.75 Å². The Labute approximate surface area is 118 Å². The van der Waals surface area contributed by atoms with Gasteiger partial charge in [0, 0.05) is 30.6 Å². The van der Waals surface area contributed by atoms with E-state index in [-0.39, 0.29) is 5.91 Å². The summed E-state index contributed by atoms with van der Waals surface area (Å²) < 4.78 is 5.16. The summed E-state index contributed by atoms with van der Waals surface area (Å²) in [6.07, 6.45) is 3.23. The van der Waals surface area contributed by atoms with Gasteiger partial charge in [0.15, 0.2) is 0 Å². The molecule has 0 aromatic carbocycles. The van der Waals surface area contributed by atoms with Gasteiger partial charge in [-0.2, -0.15) is 0 Å². The number of methoxy groups -OCH3 is 1. The number of thiophene rings is 1. The highest BCUT2D eigenvalue weighted by atomic mass is 32.1. The van der Waals surface area contributed by atoms with Crippen LogP contribution < -0.4 is 10.1 Å². The number of nitrogens with zero attached hydrogens (tertiary/aromatic N) is 1. The first-order chi connectivity index (χ1) is 9.26. The van der Waals surface area contributed by atoms with E-state index in [0.717, 1.165) is 49.5 Å². The normalized spacial score (nSPS) is 19.2. The lowest BCUT2D eigenvalue weighted by molar-refractivity contribution is 0.0654. The van der Waals surface area contributed by atoms with E-state index in [0.29, 0.717) is 6.04 Å². The maximum atomic E-state index is 12.6. The zero-order valence-corrected chi connectivity index (χ0v) is 12.5. The Hall–Kier alpha value is -1.07. The van der Waals surface area contributed by atoms with Crippen molar-refractivity contribution in [1.29, 1.82) is 0 Å². The molecule has 1 aromatic heterocycles. The summed E-state index contributed by atoms with van der Waals surface area (Å²) in [5, 5.41) is 5.27. The average molecular weight is 282 g/mol. The van der Waals surface area contributed by atoms with Crippen LogP contribution in [0.3, 0.4) is 0 Å². The minimum atomic E-state index is 0.142. The topological polar surface area (TPSA) is 41.6 Å². The number of hydrogen-bond donors (Lipinski definition) is 1. The van der Waals surface area contributed by atoms with Gasteiger partial charge in [-0.25, -0.2) is 0 Å². The Kier molecular flexibility index (Phi) is 5.22. The summed E-state index contributed by atoms with van der Waals surface area (Å²) in [4.78, 5) is 15.4. The summed E-state index contributed by atoms with van der Waals surface area (Å²) in [6.45, 7) is 4.92. The standard InChI is InChI=1S/C14H22N2O2S/c1-3-7-16(11-5-4-6-15-9-11)14(17)13-8-12(18-2)10-19-13/h8,10-11,15H,3-7,9H2,1-2H3. The third-order valence-corrected chi connectivity index (χ3v) is 4.36. The fourth-order valence-corrected chi connectivity index (χ4v) is 3.28. The number of nitrogens with one attached hydrogen (secondary N) is 1. The SMILES string of the molecule is CCCN(C(=O)c1cc(OC)cs1)C1CCCNC1. The Morgan fingerprint density at radius 1 is 1.63 bits per heavy atom. The zero-order valence-electron chi connectivity index (χ0n) is 11.6. The van der Waals surface area contributed by atoms with Crippen molar-refractivity contribution >= 4 is 17.2 Å². The van der Waals surface area contributed by atoms with Gasteiger partial charge in [0.2, 0.25) is 0 Å². The van der Waals surface area contributed by atoms with Crippen molar-refractivity contribution in [3.63, 3.8) is 0 Å². The van der Waals surface area contributed by atoms with Crippen LogP contribution in [0.25, 0.3) is 0 Å². The summed E-state index contributed by atoms with van der Waals surface area (Å²) in [6, 6.07) is 2.17. The van der Waals surface area contributed by atoms with Crippen molar-refractivity contribution in [2.45, 2.75) is 32.2 Å². The molecule has 5 heteroatoms. The lowest BCUT2D eigenvalue weighted by Gasteiger charge is -2.34. The van der Waals surface area contributed by atoms with Gasteiger partial charge in [-0.05, 0) is 25.8 Å². The molecule has 4 nitrogen and oxygen atoms in total. The molecule has 1 fully saturated rings. The largest absolute Gasteiger partial charge is 0.496 e. The highest BCUT2D eigenvalue weighted by molar-refractivity contribution is 7.12. The van der Waals surface area contributed by atoms with Gasteiger partial charge in [0.25, 0.3) is 5.91 Å². The smallest absolute Gasteiger partial charge is 0.264 e. The van der Waals surface area contributed by atoms with E-state index in [1.54, 1.807) is 7.11 Å². The number of hydrogen-bond acceptors (Lipinski definition) is 4. The predicted octanol–water partition coefficient (Wildman–Crippen LogP) is 2.36. The number of amides is 1. The van der Waals surface area contributed by atoms with Crippen LogP contribution in [0.1, 0.15) is 35.9 Å². The molecule has 1 N–H and O–H groups in total. The van der Waals surface area contributed by atoms with Crippen molar-refractivity contribution in [2.75, 3.05) is 26.7 Å². The zero-order chi connectivity index (χ0) is 13.7. The van der Waals surface area contributed by atoms with Crippen molar-refractivity contribution in [3.05, 3.63) is 16.3 Å². The van der Waals surface area contributed by atoms with Gasteiger partial charge >= 0.3 is 0 Å². The molecule has 2 rings (SSSR count). The van der Waals surface area contributed by atoms with Crippen molar-refractivity contribution in [1.82, 2.24) is 10.2 Å². The first-order valence-electron chi connectivity index (χ1n) is 6.90. The van der Waals surface area contributed by atoms with Gasteiger partial charge in [-0.3, -0.25) is 4.79 Å². The first-order valence-corrected chi connectivity index (χ1v) is 7.78. The molecule has 1 atom stereocenters. The lowest BCUT2D eigenvalue weighted by atomic mass is 10.1. The van der Waals surface area contributed by atoms with Gasteiger partial charge in [0.05, 0.1) is 12.0 Å². The van der Waals surface area contributed by atoms with E-state index in [1.807, 2.05) is 16.3 Å². The quantitative estimate of drug-likeness (QED) is 0.901. The average Bonchev–Trinajstić information content (AvgIpc) is 2.94. The van der Waals surface area contributed by atoms with E-state index < -0.39 is 0 Å². The molecule has 1 amide bonds. The van der Waals surface area contributed by atoms with E-state index in [4.69, 9.17) is 4.74 Å². The molecule has 19 heavy (non-hydrogen) atoms. The Morgan fingerprint density at radius 3 is 3.05 bits per heavy atom. The monoisotopic (exact) mass is 282 g/mol. The van der Waals surface area contributed by atoms with Crippen molar-refractivity contribution in [2.24, 2.45) is 0 Å². The number of carbonyl (C=O) groups excluding carboxylic acids is 1. The van der Waals surface area contributed by atoms with Crippen molar-refractivity contribution < 1.29 is 9.53 Å². The Balaban J connectivity index is 2.10. The molecule has 1 saturated heterocycles. The highest BCUT2D eigenvalue weighted by Crippen LogP contribution is 2.24. The van der Waals surface area contributed by atoms with Crippen LogP contribution in [0.15, 0.2) is 11.4 Å². The second-order valence-corrected chi connectivity index (χ2v) is 5.76. The Bertz CT molecular complexity index is 413. The number of piperidine rings is 1. The molecule has 2 heterocycles. The predicted molar refractivity (Wildman–Crippen MR) is 78.1 cm³/mol. The molecule has 106 valence electrons. The lowest BCUT2D eigenvalue weighted by Crippen LogP contribution is -2.48. The second kappa shape index (κ2) is 6.91. The minimum absolute atomic E-state index is 0.142. The number of rotatable bonds is 5. The second-order valence-electron chi connectivity index (χ2n) is 4.85. The van der Waals surface area contributed by atoms with Gasteiger partial charge in [-0.1, -0.05) is 6.92 Å². The van der Waals surface area contributed by atoms with Crippen LogP contribution in [0, 0.1) is 0 Å². The molecule has 0 spiro atoms. The molecule has 1 unspecified atom stereocenters. The van der Waals surface area contributed by atoms with E-state index in [9.17, 15) is 4.79 Å². The highest BCUT2D eigenvalue weighted by Gasteiger charge is 2.26. The van der Waals surface area contributed by atoms with Crippen LogP contribution in [0.2, 0.25) is 0 Å². The van der Waals surface area contributed by atoms with Crippen LogP contribution in [-0.2, 0) is 0 Å². The summed E-state index contributed by atoms with van der Waals surface area (Å²) in [5.74, 6) is 0.912. The fourth-order valence-electron chi connectivity index (χ4n) is 2.47. The van der Waals surface area contributed by atoms with E-state index in [1.165, 1.54) is 11.3 Å². The third-order valence-electron chi connectivity index (χ3n) is 3.46. The Morgan fingerprint density at radius 2 is 2.47 bits per heavy atom. The van der Waals surface area contributed by atoms with E-state index >= 15 is 0 Å². The molecule has 0 radical (unpaired) electrons. The van der Waals surface area contributed by atoms with Crippen LogP contribution in [0.4, 0.5) is 0 Å². The number of carbonyl (C=O) groups is 1. The fraction of sp³-hybridized carbons (Fsp3) is 0.643. The summed E-state index contributed by atoms with van der Waals surface area (Å²) in [7, 11) is 1.63. The summed E-state index contributed by atoms with van der Waals surface area (Å²) >= 11 is 1.46. The minimum Gasteiger partial charge on any atom is -0.496 e. The van der Waals surface area contributed by atoms with Crippen molar-refractivity contribution in [3.8, 4) is 5.75 Å². The first kappa shape index (κ1) is 14.3. The van der Waals surface area contributed by atoms with Crippen LogP contribution in [-0.4, -0.2) is 43.6 Å². The molecule has 1 aromatic rings. The van der Waals surface area contributed by atoms with Crippen LogP contribution in [0.5, 0.6) is 5.75 Å². The molecule has 0 bridgehead atoms. The maximum absolute atomic E-state index is 12.6. The molecular weight excluding hydrogens is 260 g/mol. The molecule has 1 aliphatic rings. The molecular formula is C14H22N2O2S. The van der Waals surface area contributed by atoms with Gasteiger partial charge < -0.3 is 15.0 Å². The molecule has 1 aliphatic heterocycles. The molecule has 0 saturated carbocycles. The maximum Gasteiger partial charge on any atom is 0.264 e. The van der Waals surface area contributed by atoms with Gasteiger partial charge in [-0.15, -0.1) is 11.3 Å². The number of ether oxygens (including phenoxy) is 1. The third kappa shape index (κ3) is 3.48. The van der Waals surface area contributed by atoms with E-state index in [2.05, 4.69) is 12.2 Å². The summed E-state index contributed by atoms with van der Waals surface area (Å²) in [5.41, 5.74) is 0. The molecule has 0 aliphatic carbocycles. The van der Waals surface area contributed by atoms with Crippen LogP contribution >= 0.6 is 11.3 Å².